The number of hydrogen-bond donors (Lipinski definition) is 1. The fraction of sp³-hybridized carbons (Fsp3) is 0.500. The molecule has 8 heteroatoms. The fourth-order valence-corrected chi connectivity index (χ4v) is 3.22. The van der Waals surface area contributed by atoms with Crippen molar-refractivity contribution in [2.24, 2.45) is 5.92 Å². The van der Waals surface area contributed by atoms with Gasteiger partial charge in [-0.2, -0.15) is 13.2 Å². The van der Waals surface area contributed by atoms with Gasteiger partial charge in [-0.05, 0) is 17.5 Å². The maximum Gasteiger partial charge on any atom is 0.416 e. The lowest BCUT2D eigenvalue weighted by molar-refractivity contribution is -0.138. The van der Waals surface area contributed by atoms with Gasteiger partial charge in [0.05, 0.1) is 11.3 Å². The lowest BCUT2D eigenvalue weighted by atomic mass is 10.1. The molecule has 0 saturated heterocycles. The Morgan fingerprint density at radius 3 is 2.45 bits per heavy atom. The molecule has 114 valence electrons. The first-order chi connectivity index (χ1) is 9.15. The van der Waals surface area contributed by atoms with Gasteiger partial charge in [0, 0.05) is 12.4 Å². The van der Waals surface area contributed by atoms with Crippen molar-refractivity contribution in [2.75, 3.05) is 11.6 Å². The molecule has 0 amide bonds. The van der Waals surface area contributed by atoms with Crippen molar-refractivity contribution in [1.29, 1.82) is 0 Å². The van der Waals surface area contributed by atoms with Gasteiger partial charge >= 0.3 is 6.18 Å². The highest BCUT2D eigenvalue weighted by Gasteiger charge is 2.33. The average Bonchev–Trinajstić information content (AvgIpc) is 2.35. The van der Waals surface area contributed by atoms with Crippen LogP contribution in [0.25, 0.3) is 0 Å². The minimum atomic E-state index is -4.51. The Kier molecular flexibility index (Phi) is 5.85. The molecule has 1 atom stereocenters. The molecule has 0 heterocycles. The molecule has 1 rings (SSSR count). The van der Waals surface area contributed by atoms with E-state index < -0.39 is 28.3 Å². The van der Waals surface area contributed by atoms with Crippen LogP contribution in [0.5, 0.6) is 0 Å². The SMILES string of the molecule is CC(CCl)CS(=O)(=O)NCc1ccccc1C(F)(F)F. The molecule has 0 aliphatic rings. The summed E-state index contributed by atoms with van der Waals surface area (Å²) in [7, 11) is -3.66. The molecule has 0 aliphatic carbocycles. The van der Waals surface area contributed by atoms with Gasteiger partial charge in [0.25, 0.3) is 0 Å². The maximum atomic E-state index is 12.7. The van der Waals surface area contributed by atoms with Gasteiger partial charge in [-0.1, -0.05) is 25.1 Å². The molecule has 0 aliphatic heterocycles. The van der Waals surface area contributed by atoms with Gasteiger partial charge in [-0.15, -0.1) is 11.6 Å². The highest BCUT2D eigenvalue weighted by Crippen LogP contribution is 2.31. The van der Waals surface area contributed by atoms with Crippen molar-refractivity contribution in [3.05, 3.63) is 35.4 Å². The van der Waals surface area contributed by atoms with Crippen LogP contribution in [-0.2, 0) is 22.7 Å². The first-order valence-corrected chi connectivity index (χ1v) is 8.03. The molecular formula is C12H15ClF3NO2S. The van der Waals surface area contributed by atoms with Crippen molar-refractivity contribution in [2.45, 2.75) is 19.6 Å². The smallest absolute Gasteiger partial charge is 0.212 e. The van der Waals surface area contributed by atoms with E-state index in [2.05, 4.69) is 4.72 Å². The number of hydrogen-bond acceptors (Lipinski definition) is 2. The van der Waals surface area contributed by atoms with E-state index in [1.807, 2.05) is 0 Å². The number of benzene rings is 1. The second-order valence-corrected chi connectivity index (χ2v) is 6.68. The summed E-state index contributed by atoms with van der Waals surface area (Å²) in [4.78, 5) is 0. The third kappa shape index (κ3) is 5.30. The van der Waals surface area contributed by atoms with E-state index >= 15 is 0 Å². The number of sulfonamides is 1. The summed E-state index contributed by atoms with van der Waals surface area (Å²) in [5.41, 5.74) is -0.949. The molecule has 20 heavy (non-hydrogen) atoms. The molecule has 0 bridgehead atoms. The van der Waals surface area contributed by atoms with E-state index in [0.717, 1.165) is 6.07 Å². The van der Waals surface area contributed by atoms with Gasteiger partial charge in [-0.3, -0.25) is 0 Å². The second-order valence-electron chi connectivity index (χ2n) is 4.52. The van der Waals surface area contributed by atoms with Crippen molar-refractivity contribution in [3.8, 4) is 0 Å². The third-order valence-corrected chi connectivity index (χ3v) is 4.69. The van der Waals surface area contributed by atoms with E-state index in [9.17, 15) is 21.6 Å². The Bertz CT molecular complexity index is 546. The van der Waals surface area contributed by atoms with Gasteiger partial charge in [-0.25, -0.2) is 13.1 Å². The summed E-state index contributed by atoms with van der Waals surface area (Å²) in [5.74, 6) is -0.322. The zero-order chi connectivity index (χ0) is 15.4. The van der Waals surface area contributed by atoms with Crippen LogP contribution in [0.1, 0.15) is 18.1 Å². The summed E-state index contributed by atoms with van der Waals surface area (Å²) >= 11 is 5.52. The number of alkyl halides is 4. The predicted octanol–water partition coefficient (Wildman–Crippen LogP) is 3.00. The van der Waals surface area contributed by atoms with Crippen LogP contribution < -0.4 is 4.72 Å². The molecule has 1 aromatic rings. The van der Waals surface area contributed by atoms with Crippen molar-refractivity contribution in [1.82, 2.24) is 4.72 Å². The average molecular weight is 330 g/mol. The van der Waals surface area contributed by atoms with Gasteiger partial charge in [0.2, 0.25) is 10.0 Å². The summed E-state index contributed by atoms with van der Waals surface area (Å²) in [5, 5.41) is 0. The lowest BCUT2D eigenvalue weighted by Gasteiger charge is -2.14. The number of halogens is 4. The van der Waals surface area contributed by atoms with E-state index in [0.29, 0.717) is 0 Å². The molecule has 0 saturated carbocycles. The maximum absolute atomic E-state index is 12.7. The molecule has 0 spiro atoms. The third-order valence-electron chi connectivity index (χ3n) is 2.57. The van der Waals surface area contributed by atoms with Gasteiger partial charge in [0.1, 0.15) is 0 Å². The predicted molar refractivity (Wildman–Crippen MR) is 72.0 cm³/mol. The Hall–Kier alpha value is -0.790. The topological polar surface area (TPSA) is 46.2 Å². The fourth-order valence-electron chi connectivity index (χ4n) is 1.62. The van der Waals surface area contributed by atoms with Crippen LogP contribution in [0, 0.1) is 5.92 Å². The van der Waals surface area contributed by atoms with Crippen molar-refractivity contribution < 1.29 is 21.6 Å². The number of rotatable bonds is 6. The molecule has 0 radical (unpaired) electrons. The Balaban J connectivity index is 2.81. The monoisotopic (exact) mass is 329 g/mol. The highest BCUT2D eigenvalue weighted by atomic mass is 35.5. The zero-order valence-corrected chi connectivity index (χ0v) is 12.3. The first kappa shape index (κ1) is 17.3. The van der Waals surface area contributed by atoms with E-state index in [-0.39, 0.29) is 23.1 Å². The highest BCUT2D eigenvalue weighted by molar-refractivity contribution is 7.89. The van der Waals surface area contributed by atoms with Gasteiger partial charge in [0.15, 0.2) is 0 Å². The minimum Gasteiger partial charge on any atom is -0.212 e. The Labute approximate surface area is 121 Å². The normalized spacial score (nSPS) is 14.2. The summed E-state index contributed by atoms with van der Waals surface area (Å²) < 4.78 is 63.7. The van der Waals surface area contributed by atoms with Crippen LogP contribution in [0.15, 0.2) is 24.3 Å². The molecule has 3 nitrogen and oxygen atoms in total. The first-order valence-electron chi connectivity index (χ1n) is 5.84. The number of nitrogens with one attached hydrogen (secondary N) is 1. The Morgan fingerprint density at radius 2 is 1.90 bits per heavy atom. The molecule has 0 aromatic heterocycles. The van der Waals surface area contributed by atoms with Crippen LogP contribution in [-0.4, -0.2) is 20.1 Å². The molecule has 1 aromatic carbocycles. The van der Waals surface area contributed by atoms with E-state index in [1.165, 1.54) is 18.2 Å². The molecule has 0 fully saturated rings. The van der Waals surface area contributed by atoms with Crippen LogP contribution >= 0.6 is 11.6 Å². The van der Waals surface area contributed by atoms with E-state index in [1.54, 1.807) is 6.92 Å². The zero-order valence-electron chi connectivity index (χ0n) is 10.7. The summed E-state index contributed by atoms with van der Waals surface area (Å²) in [6, 6.07) is 4.86. The lowest BCUT2D eigenvalue weighted by Crippen LogP contribution is -2.30. The Morgan fingerprint density at radius 1 is 1.30 bits per heavy atom. The summed E-state index contributed by atoms with van der Waals surface area (Å²) in [6.07, 6.45) is -4.51. The molecule has 1 N–H and O–H groups in total. The molecule has 1 unspecified atom stereocenters. The van der Waals surface area contributed by atoms with Crippen molar-refractivity contribution in [3.63, 3.8) is 0 Å². The van der Waals surface area contributed by atoms with Gasteiger partial charge < -0.3 is 0 Å². The van der Waals surface area contributed by atoms with Crippen LogP contribution in [0.3, 0.4) is 0 Å². The second kappa shape index (κ2) is 6.78. The molecular weight excluding hydrogens is 315 g/mol. The summed E-state index contributed by atoms with van der Waals surface area (Å²) in [6.45, 7) is 1.25. The van der Waals surface area contributed by atoms with Crippen LogP contribution in [0.4, 0.5) is 13.2 Å². The quantitative estimate of drug-likeness (QED) is 0.815. The largest absolute Gasteiger partial charge is 0.416 e. The van der Waals surface area contributed by atoms with Crippen LogP contribution in [0.2, 0.25) is 0 Å². The standard InChI is InChI=1S/C12H15ClF3NO2S/c1-9(6-13)8-20(18,19)17-7-10-4-2-3-5-11(10)12(14,15)16/h2-5,9,17H,6-8H2,1H3. The van der Waals surface area contributed by atoms with Crippen molar-refractivity contribution >= 4 is 21.6 Å². The minimum absolute atomic E-state index is 0.109. The van der Waals surface area contributed by atoms with E-state index in [4.69, 9.17) is 11.6 Å².